The second kappa shape index (κ2) is 10.8. The first-order valence-corrected chi connectivity index (χ1v) is 8.43. The van der Waals surface area contributed by atoms with E-state index < -0.39 is 0 Å². The van der Waals surface area contributed by atoms with Gasteiger partial charge in [0.25, 0.3) is 0 Å². The number of nitrogens with one attached hydrogen (secondary N) is 1. The number of ether oxygens (including phenoxy) is 1. The van der Waals surface area contributed by atoms with Gasteiger partial charge in [0.05, 0.1) is 13.2 Å². The average Bonchev–Trinajstić information content (AvgIpc) is 2.64. The molecule has 23 heavy (non-hydrogen) atoms. The molecule has 0 aromatic heterocycles. The Morgan fingerprint density at radius 3 is 2.30 bits per heavy atom. The minimum atomic E-state index is 0.647. The summed E-state index contributed by atoms with van der Waals surface area (Å²) in [7, 11) is 1.75. The summed E-state index contributed by atoms with van der Waals surface area (Å²) >= 11 is 0. The minimum absolute atomic E-state index is 0.647. The zero-order chi connectivity index (χ0) is 17.1. The fourth-order valence-corrected chi connectivity index (χ4v) is 2.10. The van der Waals surface area contributed by atoms with Gasteiger partial charge >= 0.3 is 0 Å². The summed E-state index contributed by atoms with van der Waals surface area (Å²) in [6, 6.07) is 8.37. The van der Waals surface area contributed by atoms with E-state index in [1.165, 1.54) is 5.69 Å². The lowest BCUT2D eigenvalue weighted by Gasteiger charge is -2.28. The van der Waals surface area contributed by atoms with Gasteiger partial charge in [-0.3, -0.25) is 4.99 Å². The maximum Gasteiger partial charge on any atom is 0.222 e. The Kier molecular flexibility index (Phi) is 8.98. The van der Waals surface area contributed by atoms with Gasteiger partial charge in [-0.15, -0.1) is 0 Å². The van der Waals surface area contributed by atoms with Crippen LogP contribution in [0.5, 0.6) is 0 Å². The van der Waals surface area contributed by atoms with Crippen LogP contribution in [-0.2, 0) is 4.74 Å². The van der Waals surface area contributed by atoms with Crippen molar-refractivity contribution >= 4 is 23.0 Å². The van der Waals surface area contributed by atoms with Crippen molar-refractivity contribution in [3.63, 3.8) is 0 Å². The van der Waals surface area contributed by atoms with Crippen LogP contribution >= 0.6 is 0 Å². The Morgan fingerprint density at radius 2 is 1.78 bits per heavy atom. The van der Waals surface area contributed by atoms with Crippen LogP contribution in [0.4, 0.5) is 11.4 Å². The molecule has 1 fully saturated rings. The number of hydrogen-bond donors (Lipinski definition) is 1. The van der Waals surface area contributed by atoms with Crippen LogP contribution in [0.3, 0.4) is 0 Å². The molecule has 1 saturated heterocycles. The van der Waals surface area contributed by atoms with E-state index in [0.29, 0.717) is 5.96 Å². The molecule has 5 heteroatoms. The predicted molar refractivity (Wildman–Crippen MR) is 101 cm³/mol. The van der Waals surface area contributed by atoms with Crippen molar-refractivity contribution in [1.82, 2.24) is 0 Å². The van der Waals surface area contributed by atoms with Gasteiger partial charge in [0, 0.05) is 37.2 Å². The summed E-state index contributed by atoms with van der Waals surface area (Å²) in [5.41, 5.74) is 3.29. The first kappa shape index (κ1) is 19.2. The van der Waals surface area contributed by atoms with Crippen LogP contribution in [0.15, 0.2) is 34.3 Å². The van der Waals surface area contributed by atoms with Crippen LogP contribution in [-0.4, -0.2) is 45.0 Å². The molecule has 1 aromatic carbocycles. The summed E-state index contributed by atoms with van der Waals surface area (Å²) in [6.07, 6.45) is 0.927. The first-order valence-electron chi connectivity index (χ1n) is 8.43. The highest BCUT2D eigenvalue weighted by molar-refractivity contribution is 6.02. The van der Waals surface area contributed by atoms with E-state index in [4.69, 9.17) is 4.74 Å². The molecule has 1 aromatic rings. The van der Waals surface area contributed by atoms with Crippen molar-refractivity contribution in [2.24, 2.45) is 9.98 Å². The molecule has 0 unspecified atom stereocenters. The van der Waals surface area contributed by atoms with Crippen molar-refractivity contribution in [1.29, 1.82) is 0 Å². The van der Waals surface area contributed by atoms with Crippen LogP contribution in [0.1, 0.15) is 34.1 Å². The molecule has 2 rings (SSSR count). The molecule has 1 aliphatic rings. The van der Waals surface area contributed by atoms with E-state index in [9.17, 15) is 0 Å². The highest BCUT2D eigenvalue weighted by atomic mass is 16.5. The van der Waals surface area contributed by atoms with Gasteiger partial charge in [-0.05, 0) is 37.6 Å². The van der Waals surface area contributed by atoms with Gasteiger partial charge in [-0.25, -0.2) is 4.99 Å². The number of rotatable bonds is 3. The Hall–Kier alpha value is -1.88. The summed E-state index contributed by atoms with van der Waals surface area (Å²) < 4.78 is 5.38. The standard InChI is InChI=1S/C16H24N4O.C2H6/c1-4-13(2)18-16(17-3)19-14-5-7-15(8-6-14)20-9-11-21-12-10-20;1-2/h5-8H,4,9-12H2,1-3H3,(H,17,19);1-2H3/b18-13-;. The lowest BCUT2D eigenvalue weighted by atomic mass is 10.2. The second-order valence-corrected chi connectivity index (χ2v) is 5.02. The number of nitrogens with zero attached hydrogens (tertiary/aromatic N) is 3. The SMILES string of the molecule is CC.CC/C(C)=N\C(=NC)Nc1ccc(N2CCOCC2)cc1. The fraction of sp³-hybridized carbons (Fsp3) is 0.556. The molecular formula is C18H30N4O. The minimum Gasteiger partial charge on any atom is -0.378 e. The number of anilines is 2. The zero-order valence-electron chi connectivity index (χ0n) is 15.1. The van der Waals surface area contributed by atoms with Crippen LogP contribution < -0.4 is 10.2 Å². The van der Waals surface area contributed by atoms with E-state index in [0.717, 1.165) is 44.1 Å². The maximum absolute atomic E-state index is 5.38. The summed E-state index contributed by atoms with van der Waals surface area (Å²) in [6.45, 7) is 11.6. The molecule has 0 radical (unpaired) electrons. The normalized spacial score (nSPS) is 15.8. The molecule has 0 amide bonds. The van der Waals surface area contributed by atoms with Gasteiger partial charge in [0.1, 0.15) is 0 Å². The van der Waals surface area contributed by atoms with Crippen LogP contribution in [0.2, 0.25) is 0 Å². The molecule has 1 N–H and O–H groups in total. The first-order chi connectivity index (χ1) is 11.2. The van der Waals surface area contributed by atoms with Crippen molar-refractivity contribution in [2.75, 3.05) is 43.6 Å². The Bertz CT molecular complexity index is 502. The molecule has 0 spiro atoms. The zero-order valence-corrected chi connectivity index (χ0v) is 15.1. The Labute approximate surface area is 140 Å². The highest BCUT2D eigenvalue weighted by Gasteiger charge is 2.10. The summed E-state index contributed by atoms with van der Waals surface area (Å²) in [5, 5.41) is 3.24. The largest absolute Gasteiger partial charge is 0.378 e. The van der Waals surface area contributed by atoms with Crippen molar-refractivity contribution in [2.45, 2.75) is 34.1 Å². The predicted octanol–water partition coefficient (Wildman–Crippen LogP) is 3.82. The van der Waals surface area contributed by atoms with E-state index >= 15 is 0 Å². The molecule has 0 atom stereocenters. The molecule has 0 aliphatic carbocycles. The van der Waals surface area contributed by atoms with Crippen LogP contribution in [0, 0.1) is 0 Å². The van der Waals surface area contributed by atoms with E-state index in [1.807, 2.05) is 20.8 Å². The third kappa shape index (κ3) is 6.40. The van der Waals surface area contributed by atoms with E-state index in [1.54, 1.807) is 7.05 Å². The molecule has 1 aliphatic heterocycles. The second-order valence-electron chi connectivity index (χ2n) is 5.02. The highest BCUT2D eigenvalue weighted by Crippen LogP contribution is 2.19. The number of hydrogen-bond acceptors (Lipinski definition) is 3. The van der Waals surface area contributed by atoms with Crippen molar-refractivity contribution in [3.8, 4) is 0 Å². The topological polar surface area (TPSA) is 49.2 Å². The lowest BCUT2D eigenvalue weighted by Crippen LogP contribution is -2.36. The van der Waals surface area contributed by atoms with Crippen molar-refractivity contribution < 1.29 is 4.74 Å². The number of morpholine rings is 1. The molecule has 0 bridgehead atoms. The molecule has 0 saturated carbocycles. The van der Waals surface area contributed by atoms with E-state index in [2.05, 4.69) is 51.4 Å². The van der Waals surface area contributed by atoms with E-state index in [-0.39, 0.29) is 0 Å². The maximum atomic E-state index is 5.38. The third-order valence-corrected chi connectivity index (χ3v) is 3.52. The Morgan fingerprint density at radius 1 is 1.17 bits per heavy atom. The smallest absolute Gasteiger partial charge is 0.222 e. The molecule has 128 valence electrons. The number of guanidine groups is 1. The van der Waals surface area contributed by atoms with Crippen LogP contribution in [0.25, 0.3) is 0 Å². The Balaban J connectivity index is 0.00000127. The third-order valence-electron chi connectivity index (χ3n) is 3.52. The van der Waals surface area contributed by atoms with Gasteiger partial charge in [-0.1, -0.05) is 20.8 Å². The fourth-order valence-electron chi connectivity index (χ4n) is 2.10. The summed E-state index contributed by atoms with van der Waals surface area (Å²) in [5.74, 6) is 0.647. The molecule has 5 nitrogen and oxygen atoms in total. The molecule has 1 heterocycles. The number of aliphatic imine (C=N–C) groups is 2. The average molecular weight is 318 g/mol. The van der Waals surface area contributed by atoms with Gasteiger partial charge in [0.2, 0.25) is 5.96 Å². The quantitative estimate of drug-likeness (QED) is 0.681. The van der Waals surface area contributed by atoms with Gasteiger partial charge in [0.15, 0.2) is 0 Å². The van der Waals surface area contributed by atoms with Gasteiger partial charge < -0.3 is 15.0 Å². The van der Waals surface area contributed by atoms with Gasteiger partial charge in [-0.2, -0.15) is 0 Å². The monoisotopic (exact) mass is 318 g/mol. The van der Waals surface area contributed by atoms with Crippen molar-refractivity contribution in [3.05, 3.63) is 24.3 Å². The lowest BCUT2D eigenvalue weighted by molar-refractivity contribution is 0.122. The summed E-state index contributed by atoms with van der Waals surface area (Å²) in [4.78, 5) is 11.0. The molecular weight excluding hydrogens is 288 g/mol. The number of benzene rings is 1.